The topological polar surface area (TPSA) is 61.3 Å². The third-order valence-electron chi connectivity index (χ3n) is 2.53. The smallest absolute Gasteiger partial charge is 0.196 e. The number of aromatic nitrogens is 1. The average Bonchev–Trinajstić information content (AvgIpc) is 2.71. The molecule has 0 saturated heterocycles. The van der Waals surface area contributed by atoms with Gasteiger partial charge in [0.1, 0.15) is 5.75 Å². The Bertz CT molecular complexity index is 506. The van der Waals surface area contributed by atoms with Crippen LogP contribution in [-0.2, 0) is 6.42 Å². The minimum absolute atomic E-state index is 0.539. The molecule has 4 heteroatoms. The molecule has 2 rings (SSSR count). The first-order chi connectivity index (χ1) is 8.24. The molecule has 0 radical (unpaired) electrons. The van der Waals surface area contributed by atoms with Gasteiger partial charge in [-0.3, -0.25) is 0 Å². The van der Waals surface area contributed by atoms with Gasteiger partial charge in [-0.2, -0.15) is 0 Å². The maximum atomic E-state index is 5.69. The molecule has 0 saturated carbocycles. The van der Waals surface area contributed by atoms with Crippen molar-refractivity contribution >= 4 is 0 Å². The molecule has 1 aromatic heterocycles. The molecule has 0 unspecified atom stereocenters. The van der Waals surface area contributed by atoms with Crippen LogP contribution in [0.25, 0.3) is 11.3 Å². The van der Waals surface area contributed by atoms with Crippen LogP contribution in [0.3, 0.4) is 0 Å². The number of ether oxygens (including phenoxy) is 1. The van der Waals surface area contributed by atoms with Crippen molar-refractivity contribution in [2.24, 2.45) is 5.73 Å². The Labute approximate surface area is 100 Å². The second-order valence-corrected chi connectivity index (χ2v) is 3.79. The summed E-state index contributed by atoms with van der Waals surface area (Å²) in [5, 5.41) is 0. The van der Waals surface area contributed by atoms with E-state index in [9.17, 15) is 0 Å². The van der Waals surface area contributed by atoms with E-state index in [0.29, 0.717) is 18.9 Å². The summed E-state index contributed by atoms with van der Waals surface area (Å²) in [6, 6.07) is 7.73. The molecular formula is C13H16N2O2. The van der Waals surface area contributed by atoms with Gasteiger partial charge in [0.2, 0.25) is 0 Å². The van der Waals surface area contributed by atoms with Crippen LogP contribution in [0.2, 0.25) is 0 Å². The molecule has 17 heavy (non-hydrogen) atoms. The first-order valence-corrected chi connectivity index (χ1v) is 5.55. The zero-order chi connectivity index (χ0) is 12.3. The SMILES string of the molecule is COc1cccc(-c2oc(CCN)nc2C)c1. The van der Waals surface area contributed by atoms with E-state index >= 15 is 0 Å². The zero-order valence-electron chi connectivity index (χ0n) is 10.1. The Kier molecular flexibility index (Phi) is 3.44. The van der Waals surface area contributed by atoms with Crippen molar-refractivity contribution in [2.75, 3.05) is 13.7 Å². The number of nitrogens with zero attached hydrogens (tertiary/aromatic N) is 1. The predicted molar refractivity (Wildman–Crippen MR) is 66.0 cm³/mol. The molecular weight excluding hydrogens is 216 g/mol. The molecule has 0 aliphatic heterocycles. The van der Waals surface area contributed by atoms with Crippen molar-refractivity contribution in [3.8, 4) is 17.1 Å². The van der Waals surface area contributed by atoms with Crippen molar-refractivity contribution in [1.29, 1.82) is 0 Å². The van der Waals surface area contributed by atoms with E-state index in [2.05, 4.69) is 4.98 Å². The Hall–Kier alpha value is -1.81. The van der Waals surface area contributed by atoms with Gasteiger partial charge < -0.3 is 14.9 Å². The Morgan fingerprint density at radius 3 is 2.94 bits per heavy atom. The highest BCUT2D eigenvalue weighted by Crippen LogP contribution is 2.27. The van der Waals surface area contributed by atoms with E-state index in [1.807, 2.05) is 31.2 Å². The van der Waals surface area contributed by atoms with Crippen LogP contribution in [-0.4, -0.2) is 18.6 Å². The van der Waals surface area contributed by atoms with Gasteiger partial charge in [-0.05, 0) is 19.1 Å². The van der Waals surface area contributed by atoms with Crippen molar-refractivity contribution in [3.05, 3.63) is 35.9 Å². The summed E-state index contributed by atoms with van der Waals surface area (Å²) in [4.78, 5) is 4.34. The van der Waals surface area contributed by atoms with Gasteiger partial charge in [0, 0.05) is 18.5 Å². The second-order valence-electron chi connectivity index (χ2n) is 3.79. The number of hydrogen-bond donors (Lipinski definition) is 1. The fourth-order valence-electron chi connectivity index (χ4n) is 1.71. The molecule has 0 spiro atoms. The summed E-state index contributed by atoms with van der Waals surface area (Å²) in [6.45, 7) is 2.47. The number of aryl methyl sites for hydroxylation is 1. The predicted octanol–water partition coefficient (Wildman–Crippen LogP) is 2.16. The van der Waals surface area contributed by atoms with Crippen LogP contribution in [0, 0.1) is 6.92 Å². The molecule has 0 atom stereocenters. The summed E-state index contributed by atoms with van der Waals surface area (Å²) in [7, 11) is 1.65. The highest BCUT2D eigenvalue weighted by Gasteiger charge is 2.11. The third kappa shape index (κ3) is 2.47. The molecule has 1 aromatic carbocycles. The second kappa shape index (κ2) is 5.01. The van der Waals surface area contributed by atoms with Gasteiger partial charge in [0.25, 0.3) is 0 Å². The number of oxazole rings is 1. The van der Waals surface area contributed by atoms with E-state index in [1.165, 1.54) is 0 Å². The molecule has 2 aromatic rings. The van der Waals surface area contributed by atoms with E-state index in [4.69, 9.17) is 14.9 Å². The lowest BCUT2D eigenvalue weighted by Crippen LogP contribution is -2.02. The van der Waals surface area contributed by atoms with Gasteiger partial charge >= 0.3 is 0 Å². The highest BCUT2D eigenvalue weighted by atomic mass is 16.5. The van der Waals surface area contributed by atoms with Gasteiger partial charge in [0.15, 0.2) is 11.7 Å². The van der Waals surface area contributed by atoms with E-state index in [1.54, 1.807) is 7.11 Å². The maximum Gasteiger partial charge on any atom is 0.196 e. The fraction of sp³-hybridized carbons (Fsp3) is 0.308. The minimum Gasteiger partial charge on any atom is -0.497 e. The fourth-order valence-corrected chi connectivity index (χ4v) is 1.71. The van der Waals surface area contributed by atoms with Crippen LogP contribution in [0.5, 0.6) is 5.75 Å². The third-order valence-corrected chi connectivity index (χ3v) is 2.53. The summed E-state index contributed by atoms with van der Waals surface area (Å²) in [5.41, 5.74) is 7.33. The minimum atomic E-state index is 0.539. The van der Waals surface area contributed by atoms with E-state index in [-0.39, 0.29) is 0 Å². The van der Waals surface area contributed by atoms with Gasteiger partial charge in [-0.1, -0.05) is 12.1 Å². The molecule has 2 N–H and O–H groups in total. The van der Waals surface area contributed by atoms with Crippen LogP contribution >= 0.6 is 0 Å². The van der Waals surface area contributed by atoms with Crippen LogP contribution in [0.1, 0.15) is 11.6 Å². The Balaban J connectivity index is 2.37. The number of hydrogen-bond acceptors (Lipinski definition) is 4. The van der Waals surface area contributed by atoms with Crippen LogP contribution in [0.4, 0.5) is 0 Å². The van der Waals surface area contributed by atoms with Crippen molar-refractivity contribution in [2.45, 2.75) is 13.3 Å². The molecule has 4 nitrogen and oxygen atoms in total. The number of nitrogens with two attached hydrogens (primary N) is 1. The van der Waals surface area contributed by atoms with Crippen molar-refractivity contribution < 1.29 is 9.15 Å². The highest BCUT2D eigenvalue weighted by molar-refractivity contribution is 5.61. The number of benzene rings is 1. The lowest BCUT2D eigenvalue weighted by molar-refractivity contribution is 0.414. The number of methoxy groups -OCH3 is 1. The molecule has 0 aliphatic carbocycles. The summed E-state index contributed by atoms with van der Waals surface area (Å²) < 4.78 is 10.9. The largest absolute Gasteiger partial charge is 0.497 e. The van der Waals surface area contributed by atoms with Crippen LogP contribution in [0.15, 0.2) is 28.7 Å². The quantitative estimate of drug-likeness (QED) is 0.877. The standard InChI is InChI=1S/C13H16N2O2/c1-9-13(17-12(15-9)6-7-14)10-4-3-5-11(8-10)16-2/h3-5,8H,6-7,14H2,1-2H3. The van der Waals surface area contributed by atoms with Crippen LogP contribution < -0.4 is 10.5 Å². The summed E-state index contributed by atoms with van der Waals surface area (Å²) >= 11 is 0. The first-order valence-electron chi connectivity index (χ1n) is 5.55. The maximum absolute atomic E-state index is 5.69. The summed E-state index contributed by atoms with van der Waals surface area (Å²) in [5.74, 6) is 2.27. The molecule has 0 amide bonds. The first kappa shape index (κ1) is 11.7. The summed E-state index contributed by atoms with van der Waals surface area (Å²) in [6.07, 6.45) is 0.658. The van der Waals surface area contributed by atoms with E-state index < -0.39 is 0 Å². The molecule has 90 valence electrons. The van der Waals surface area contributed by atoms with Gasteiger partial charge in [-0.25, -0.2) is 4.98 Å². The lowest BCUT2D eigenvalue weighted by Gasteiger charge is -2.02. The van der Waals surface area contributed by atoms with E-state index in [0.717, 1.165) is 22.8 Å². The lowest BCUT2D eigenvalue weighted by atomic mass is 10.1. The molecule has 0 fully saturated rings. The normalized spacial score (nSPS) is 10.5. The van der Waals surface area contributed by atoms with Gasteiger partial charge in [-0.15, -0.1) is 0 Å². The van der Waals surface area contributed by atoms with Crippen molar-refractivity contribution in [3.63, 3.8) is 0 Å². The Morgan fingerprint density at radius 2 is 2.24 bits per heavy atom. The average molecular weight is 232 g/mol. The molecule has 0 aliphatic rings. The number of rotatable bonds is 4. The molecule has 1 heterocycles. The monoisotopic (exact) mass is 232 g/mol. The van der Waals surface area contributed by atoms with Crippen molar-refractivity contribution in [1.82, 2.24) is 4.98 Å². The van der Waals surface area contributed by atoms with Gasteiger partial charge in [0.05, 0.1) is 12.8 Å². The molecule has 0 bridgehead atoms. The zero-order valence-corrected chi connectivity index (χ0v) is 10.1. The Morgan fingerprint density at radius 1 is 1.41 bits per heavy atom.